The van der Waals surface area contributed by atoms with Gasteiger partial charge in [-0.15, -0.1) is 0 Å². The summed E-state index contributed by atoms with van der Waals surface area (Å²) in [6, 6.07) is 13.7. The number of nitrogens with zero attached hydrogens (tertiary/aromatic N) is 3. The zero-order chi connectivity index (χ0) is 16.1. The third-order valence-electron chi connectivity index (χ3n) is 3.27. The van der Waals surface area contributed by atoms with E-state index in [1.807, 2.05) is 49.6 Å². The van der Waals surface area contributed by atoms with E-state index in [1.165, 1.54) is 6.08 Å². The summed E-state index contributed by atoms with van der Waals surface area (Å²) < 4.78 is 1.68. The molecular formula is C18H16N4O. The summed E-state index contributed by atoms with van der Waals surface area (Å²) in [4.78, 5) is 16.2. The third-order valence-corrected chi connectivity index (χ3v) is 3.27. The average Bonchev–Trinajstić information content (AvgIpc) is 3.00. The predicted octanol–water partition coefficient (Wildman–Crippen LogP) is 3.13. The number of aromatic nitrogens is 3. The molecule has 3 aromatic rings. The molecule has 0 aliphatic carbocycles. The first-order valence-corrected chi connectivity index (χ1v) is 7.20. The highest BCUT2D eigenvalue weighted by molar-refractivity contribution is 6.01. The van der Waals surface area contributed by atoms with E-state index in [9.17, 15) is 4.79 Å². The predicted molar refractivity (Wildman–Crippen MR) is 90.5 cm³/mol. The van der Waals surface area contributed by atoms with Crippen LogP contribution < -0.4 is 5.32 Å². The SMILES string of the molecule is Cn1cc(C=CC(=O)Nc2ccc(-c3ccccc3)cn2)cn1. The molecule has 0 radical (unpaired) electrons. The highest BCUT2D eigenvalue weighted by atomic mass is 16.1. The van der Waals surface area contributed by atoms with Gasteiger partial charge in [0.2, 0.25) is 5.91 Å². The summed E-state index contributed by atoms with van der Waals surface area (Å²) in [6.45, 7) is 0. The lowest BCUT2D eigenvalue weighted by molar-refractivity contribution is -0.111. The van der Waals surface area contributed by atoms with Crippen molar-refractivity contribution in [1.82, 2.24) is 14.8 Å². The van der Waals surface area contributed by atoms with Crippen molar-refractivity contribution in [2.45, 2.75) is 0 Å². The molecule has 23 heavy (non-hydrogen) atoms. The van der Waals surface area contributed by atoms with Gasteiger partial charge in [-0.2, -0.15) is 5.10 Å². The summed E-state index contributed by atoms with van der Waals surface area (Å²) in [5, 5.41) is 6.77. The van der Waals surface area contributed by atoms with Gasteiger partial charge < -0.3 is 5.32 Å². The van der Waals surface area contributed by atoms with Crippen LogP contribution in [0.4, 0.5) is 5.82 Å². The van der Waals surface area contributed by atoms with Crippen molar-refractivity contribution < 1.29 is 4.79 Å². The van der Waals surface area contributed by atoms with Crippen LogP contribution in [0.3, 0.4) is 0 Å². The molecule has 0 bridgehead atoms. The fourth-order valence-electron chi connectivity index (χ4n) is 2.14. The third kappa shape index (κ3) is 3.91. The molecule has 0 fully saturated rings. The first-order chi connectivity index (χ1) is 11.2. The molecule has 0 spiro atoms. The molecule has 0 aliphatic heterocycles. The fraction of sp³-hybridized carbons (Fsp3) is 0.0556. The van der Waals surface area contributed by atoms with Crippen LogP contribution in [-0.4, -0.2) is 20.7 Å². The molecule has 0 saturated heterocycles. The highest BCUT2D eigenvalue weighted by Gasteiger charge is 2.01. The van der Waals surface area contributed by atoms with E-state index >= 15 is 0 Å². The standard InChI is InChI=1S/C18H16N4O/c1-22-13-14(11-20-22)7-10-18(23)21-17-9-8-16(12-19-17)15-5-3-2-4-6-15/h2-13H,1H3,(H,19,21,23). The van der Waals surface area contributed by atoms with Crippen molar-refractivity contribution in [1.29, 1.82) is 0 Å². The molecule has 5 nitrogen and oxygen atoms in total. The molecule has 2 aromatic heterocycles. The first kappa shape index (κ1) is 14.7. The maximum absolute atomic E-state index is 11.9. The molecule has 1 amide bonds. The van der Waals surface area contributed by atoms with Crippen LogP contribution in [0, 0.1) is 0 Å². The summed E-state index contributed by atoms with van der Waals surface area (Å²) in [5.41, 5.74) is 2.97. The number of hydrogen-bond donors (Lipinski definition) is 1. The largest absolute Gasteiger partial charge is 0.307 e. The fourth-order valence-corrected chi connectivity index (χ4v) is 2.14. The van der Waals surface area contributed by atoms with Crippen LogP contribution in [0.15, 0.2) is 67.1 Å². The molecule has 5 heteroatoms. The Bertz CT molecular complexity index is 820. The number of carbonyl (C=O) groups is 1. The van der Waals surface area contributed by atoms with E-state index in [-0.39, 0.29) is 5.91 Å². The van der Waals surface area contributed by atoms with Crippen LogP contribution >= 0.6 is 0 Å². The van der Waals surface area contributed by atoms with Crippen molar-refractivity contribution in [3.63, 3.8) is 0 Å². The molecule has 0 aliphatic rings. The topological polar surface area (TPSA) is 59.8 Å². The summed E-state index contributed by atoms with van der Waals surface area (Å²) in [6.07, 6.45) is 8.44. The Hall–Kier alpha value is -3.21. The molecule has 2 heterocycles. The summed E-state index contributed by atoms with van der Waals surface area (Å²) >= 11 is 0. The van der Waals surface area contributed by atoms with Crippen LogP contribution in [0.1, 0.15) is 5.56 Å². The van der Waals surface area contributed by atoms with E-state index in [0.717, 1.165) is 16.7 Å². The second-order valence-corrected chi connectivity index (χ2v) is 5.07. The number of nitrogens with one attached hydrogen (secondary N) is 1. The molecule has 1 N–H and O–H groups in total. The van der Waals surface area contributed by atoms with Crippen molar-refractivity contribution in [3.8, 4) is 11.1 Å². The Morgan fingerprint density at radius 1 is 1.09 bits per heavy atom. The maximum Gasteiger partial charge on any atom is 0.249 e. The molecular weight excluding hydrogens is 288 g/mol. The zero-order valence-electron chi connectivity index (χ0n) is 12.7. The van der Waals surface area contributed by atoms with Crippen molar-refractivity contribution in [2.24, 2.45) is 7.05 Å². The Labute approximate surface area is 134 Å². The van der Waals surface area contributed by atoms with Gasteiger partial charge >= 0.3 is 0 Å². The van der Waals surface area contributed by atoms with Gasteiger partial charge in [-0.3, -0.25) is 9.48 Å². The minimum Gasteiger partial charge on any atom is -0.307 e. The molecule has 1 aromatic carbocycles. The average molecular weight is 304 g/mol. The molecule has 0 unspecified atom stereocenters. The minimum absolute atomic E-state index is 0.228. The van der Waals surface area contributed by atoms with Crippen LogP contribution in [-0.2, 0) is 11.8 Å². The zero-order valence-corrected chi connectivity index (χ0v) is 12.7. The number of amides is 1. The molecule has 114 valence electrons. The second-order valence-electron chi connectivity index (χ2n) is 5.07. The Morgan fingerprint density at radius 3 is 2.57 bits per heavy atom. The maximum atomic E-state index is 11.9. The van der Waals surface area contributed by atoms with Crippen LogP contribution in [0.2, 0.25) is 0 Å². The first-order valence-electron chi connectivity index (χ1n) is 7.20. The van der Waals surface area contributed by atoms with Crippen molar-refractivity contribution in [3.05, 3.63) is 72.7 Å². The number of hydrogen-bond acceptors (Lipinski definition) is 3. The minimum atomic E-state index is -0.228. The number of aryl methyl sites for hydroxylation is 1. The lowest BCUT2D eigenvalue weighted by Crippen LogP contribution is -2.08. The van der Waals surface area contributed by atoms with E-state index in [4.69, 9.17) is 0 Å². The number of benzene rings is 1. The van der Waals surface area contributed by atoms with Gasteiger partial charge in [-0.1, -0.05) is 30.3 Å². The smallest absolute Gasteiger partial charge is 0.249 e. The van der Waals surface area contributed by atoms with E-state index in [1.54, 1.807) is 29.2 Å². The Morgan fingerprint density at radius 2 is 1.91 bits per heavy atom. The van der Waals surface area contributed by atoms with Gasteiger partial charge in [0.15, 0.2) is 0 Å². The number of pyridine rings is 1. The molecule has 0 saturated carbocycles. The van der Waals surface area contributed by atoms with E-state index in [2.05, 4.69) is 15.4 Å². The highest BCUT2D eigenvalue weighted by Crippen LogP contribution is 2.18. The molecule has 3 rings (SSSR count). The summed E-state index contributed by atoms with van der Waals surface area (Å²) in [5.74, 6) is 0.291. The lowest BCUT2D eigenvalue weighted by atomic mass is 10.1. The quantitative estimate of drug-likeness (QED) is 0.753. The van der Waals surface area contributed by atoms with E-state index < -0.39 is 0 Å². The normalized spacial score (nSPS) is 10.8. The Balaban J connectivity index is 1.64. The summed E-state index contributed by atoms with van der Waals surface area (Å²) in [7, 11) is 1.83. The lowest BCUT2D eigenvalue weighted by Gasteiger charge is -2.04. The van der Waals surface area contributed by atoms with Crippen LogP contribution in [0.25, 0.3) is 17.2 Å². The van der Waals surface area contributed by atoms with Gasteiger partial charge in [-0.25, -0.2) is 4.98 Å². The van der Waals surface area contributed by atoms with Gasteiger partial charge in [0.25, 0.3) is 0 Å². The number of anilines is 1. The van der Waals surface area contributed by atoms with Gasteiger partial charge in [-0.05, 0) is 23.8 Å². The van der Waals surface area contributed by atoms with E-state index in [0.29, 0.717) is 5.82 Å². The van der Waals surface area contributed by atoms with Crippen molar-refractivity contribution in [2.75, 3.05) is 5.32 Å². The van der Waals surface area contributed by atoms with Gasteiger partial charge in [0.05, 0.1) is 6.20 Å². The van der Waals surface area contributed by atoms with Crippen molar-refractivity contribution >= 4 is 17.8 Å². The second kappa shape index (κ2) is 6.70. The van der Waals surface area contributed by atoms with Crippen LogP contribution in [0.5, 0.6) is 0 Å². The molecule has 0 atom stereocenters. The van der Waals surface area contributed by atoms with Gasteiger partial charge in [0, 0.05) is 36.6 Å². The van der Waals surface area contributed by atoms with Gasteiger partial charge in [0.1, 0.15) is 5.82 Å². The Kier molecular flexibility index (Phi) is 4.29. The monoisotopic (exact) mass is 304 g/mol. The number of carbonyl (C=O) groups excluding carboxylic acids is 1. The number of rotatable bonds is 4.